The summed E-state index contributed by atoms with van der Waals surface area (Å²) in [5, 5.41) is 2.15. The summed E-state index contributed by atoms with van der Waals surface area (Å²) in [6, 6.07) is 31.0. The van der Waals surface area contributed by atoms with Crippen LogP contribution in [0.2, 0.25) is 0 Å². The van der Waals surface area contributed by atoms with Crippen molar-refractivity contribution in [3.8, 4) is 0 Å². The first-order valence-corrected chi connectivity index (χ1v) is 12.4. The molecule has 37 heavy (non-hydrogen) atoms. The van der Waals surface area contributed by atoms with Gasteiger partial charge in [0.25, 0.3) is 5.91 Å². The fourth-order valence-corrected chi connectivity index (χ4v) is 4.83. The average molecular weight is 491 g/mol. The normalized spacial score (nSPS) is 15.4. The summed E-state index contributed by atoms with van der Waals surface area (Å²) >= 11 is 0. The van der Waals surface area contributed by atoms with Gasteiger partial charge in [0.15, 0.2) is 0 Å². The zero-order chi connectivity index (χ0) is 26.2. The molecular formula is C32H30N2O3. The van der Waals surface area contributed by atoms with Gasteiger partial charge in [-0.1, -0.05) is 91.5 Å². The Morgan fingerprint density at radius 1 is 0.865 bits per heavy atom. The molecule has 0 spiro atoms. The topological polar surface area (TPSA) is 49.9 Å². The molecule has 1 heterocycles. The van der Waals surface area contributed by atoms with Gasteiger partial charge in [-0.3, -0.25) is 9.69 Å². The number of ether oxygens (including phenoxy) is 1. The van der Waals surface area contributed by atoms with Crippen molar-refractivity contribution >= 4 is 34.0 Å². The van der Waals surface area contributed by atoms with E-state index in [4.69, 9.17) is 4.74 Å². The molecule has 0 saturated carbocycles. The van der Waals surface area contributed by atoms with Crippen molar-refractivity contribution in [2.75, 3.05) is 4.90 Å². The predicted molar refractivity (Wildman–Crippen MR) is 148 cm³/mol. The van der Waals surface area contributed by atoms with Crippen LogP contribution < -0.4 is 4.90 Å². The molecular weight excluding hydrogens is 460 g/mol. The standard InChI is InChI=1S/C32H30N2O3/c1-22(23-13-6-5-7-14-23)29-33(21-25-17-12-16-24-15-8-9-18-26(24)25)30(35)27-19-10-11-20-28(27)34(29)31(36)37-32(2,3)4/h5-20,29H,1,21H2,2-4H3. The molecule has 1 aliphatic rings. The first-order valence-electron chi connectivity index (χ1n) is 12.4. The zero-order valence-electron chi connectivity index (χ0n) is 21.3. The third kappa shape index (κ3) is 4.73. The number of carbonyl (C=O) groups is 2. The molecule has 5 rings (SSSR count). The Morgan fingerprint density at radius 2 is 1.51 bits per heavy atom. The van der Waals surface area contributed by atoms with Crippen LogP contribution in [0.4, 0.5) is 10.5 Å². The Hall–Kier alpha value is -4.38. The lowest BCUT2D eigenvalue weighted by Gasteiger charge is -2.45. The highest BCUT2D eigenvalue weighted by Crippen LogP contribution is 2.38. The van der Waals surface area contributed by atoms with Gasteiger partial charge in [-0.2, -0.15) is 0 Å². The predicted octanol–water partition coefficient (Wildman–Crippen LogP) is 7.28. The molecule has 4 aromatic carbocycles. The molecule has 186 valence electrons. The van der Waals surface area contributed by atoms with Crippen LogP contribution >= 0.6 is 0 Å². The molecule has 1 atom stereocenters. The van der Waals surface area contributed by atoms with Crippen molar-refractivity contribution in [1.82, 2.24) is 4.90 Å². The molecule has 0 radical (unpaired) electrons. The molecule has 1 unspecified atom stereocenters. The third-order valence-electron chi connectivity index (χ3n) is 6.46. The number of nitrogens with zero attached hydrogens (tertiary/aromatic N) is 2. The lowest BCUT2D eigenvalue weighted by atomic mass is 9.96. The fourth-order valence-electron chi connectivity index (χ4n) is 4.83. The first-order chi connectivity index (χ1) is 17.7. The molecule has 4 aromatic rings. The van der Waals surface area contributed by atoms with E-state index in [1.54, 1.807) is 21.9 Å². The summed E-state index contributed by atoms with van der Waals surface area (Å²) in [7, 11) is 0. The Labute approximate surface area is 217 Å². The maximum Gasteiger partial charge on any atom is 0.416 e. The van der Waals surface area contributed by atoms with Gasteiger partial charge in [0.05, 0.1) is 11.3 Å². The Morgan fingerprint density at radius 3 is 2.27 bits per heavy atom. The van der Waals surface area contributed by atoms with Crippen molar-refractivity contribution < 1.29 is 14.3 Å². The van der Waals surface area contributed by atoms with Crippen molar-refractivity contribution in [2.45, 2.75) is 39.1 Å². The number of hydrogen-bond donors (Lipinski definition) is 0. The van der Waals surface area contributed by atoms with Crippen LogP contribution in [-0.2, 0) is 11.3 Å². The molecule has 1 aliphatic heterocycles. The third-order valence-corrected chi connectivity index (χ3v) is 6.46. The van der Waals surface area contributed by atoms with Crippen molar-refractivity contribution in [1.29, 1.82) is 0 Å². The fraction of sp³-hybridized carbons (Fsp3) is 0.188. The van der Waals surface area contributed by atoms with E-state index in [9.17, 15) is 9.59 Å². The summed E-state index contributed by atoms with van der Waals surface area (Å²) in [5.74, 6) is -0.162. The average Bonchev–Trinajstić information content (AvgIpc) is 2.89. The largest absolute Gasteiger partial charge is 0.443 e. The van der Waals surface area contributed by atoms with Gasteiger partial charge in [-0.15, -0.1) is 0 Å². The van der Waals surface area contributed by atoms with Gasteiger partial charge in [-0.05, 0) is 60.4 Å². The molecule has 0 saturated heterocycles. The van der Waals surface area contributed by atoms with Gasteiger partial charge in [-0.25, -0.2) is 4.79 Å². The van der Waals surface area contributed by atoms with E-state index in [2.05, 4.69) is 24.8 Å². The van der Waals surface area contributed by atoms with Gasteiger partial charge in [0, 0.05) is 6.54 Å². The van der Waals surface area contributed by atoms with E-state index in [1.165, 1.54) is 0 Å². The second kappa shape index (κ2) is 9.58. The smallest absolute Gasteiger partial charge is 0.416 e. The molecule has 0 N–H and O–H groups in total. The number of carbonyl (C=O) groups excluding carboxylic acids is 2. The van der Waals surface area contributed by atoms with E-state index in [0.717, 1.165) is 21.9 Å². The molecule has 5 heteroatoms. The van der Waals surface area contributed by atoms with E-state index in [1.807, 2.05) is 87.5 Å². The Balaban J connectivity index is 1.69. The molecule has 5 nitrogen and oxygen atoms in total. The summed E-state index contributed by atoms with van der Waals surface area (Å²) in [6.45, 7) is 10.2. The Bertz CT molecular complexity index is 1480. The number of fused-ring (bicyclic) bond motifs is 2. The minimum absolute atomic E-state index is 0.162. The van der Waals surface area contributed by atoms with E-state index in [-0.39, 0.29) is 5.91 Å². The quantitative estimate of drug-likeness (QED) is 0.302. The summed E-state index contributed by atoms with van der Waals surface area (Å²) in [6.07, 6.45) is -1.31. The lowest BCUT2D eigenvalue weighted by molar-refractivity contribution is 0.0491. The van der Waals surface area contributed by atoms with Crippen molar-refractivity contribution in [3.05, 3.63) is 120 Å². The Kier molecular flexibility index (Phi) is 6.30. The van der Waals surface area contributed by atoms with Gasteiger partial charge < -0.3 is 9.64 Å². The van der Waals surface area contributed by atoms with Crippen LogP contribution in [0.25, 0.3) is 16.3 Å². The van der Waals surface area contributed by atoms with Crippen LogP contribution in [0.3, 0.4) is 0 Å². The van der Waals surface area contributed by atoms with Crippen molar-refractivity contribution in [3.63, 3.8) is 0 Å². The second-order valence-corrected chi connectivity index (χ2v) is 10.2. The number of para-hydroxylation sites is 1. The minimum Gasteiger partial charge on any atom is -0.443 e. The van der Waals surface area contributed by atoms with Crippen LogP contribution in [0.15, 0.2) is 104 Å². The minimum atomic E-state index is -0.779. The summed E-state index contributed by atoms with van der Waals surface area (Å²) in [5.41, 5.74) is 2.71. The van der Waals surface area contributed by atoms with Crippen LogP contribution in [0.1, 0.15) is 42.3 Å². The van der Waals surface area contributed by atoms with Gasteiger partial charge in [0.1, 0.15) is 11.8 Å². The van der Waals surface area contributed by atoms with E-state index >= 15 is 0 Å². The summed E-state index contributed by atoms with van der Waals surface area (Å²) in [4.78, 5) is 31.1. The highest BCUT2D eigenvalue weighted by atomic mass is 16.6. The molecule has 0 fully saturated rings. The van der Waals surface area contributed by atoms with Gasteiger partial charge >= 0.3 is 6.09 Å². The maximum absolute atomic E-state index is 14.1. The van der Waals surface area contributed by atoms with Gasteiger partial charge in [0.2, 0.25) is 0 Å². The number of benzene rings is 4. The number of rotatable bonds is 4. The van der Waals surface area contributed by atoms with Crippen LogP contribution in [0.5, 0.6) is 0 Å². The molecule has 0 bridgehead atoms. The maximum atomic E-state index is 14.1. The van der Waals surface area contributed by atoms with Crippen LogP contribution in [-0.4, -0.2) is 28.7 Å². The number of anilines is 1. The van der Waals surface area contributed by atoms with E-state index in [0.29, 0.717) is 23.4 Å². The monoisotopic (exact) mass is 490 g/mol. The zero-order valence-corrected chi connectivity index (χ0v) is 21.3. The van der Waals surface area contributed by atoms with E-state index < -0.39 is 17.9 Å². The highest BCUT2D eigenvalue weighted by Gasteiger charge is 2.44. The second-order valence-electron chi connectivity index (χ2n) is 10.2. The molecule has 0 aliphatic carbocycles. The summed E-state index contributed by atoms with van der Waals surface area (Å²) < 4.78 is 5.86. The molecule has 0 aromatic heterocycles. The van der Waals surface area contributed by atoms with Crippen LogP contribution in [0, 0.1) is 0 Å². The number of hydrogen-bond acceptors (Lipinski definition) is 3. The van der Waals surface area contributed by atoms with Crippen molar-refractivity contribution in [2.24, 2.45) is 0 Å². The first kappa shape index (κ1) is 24.3. The highest BCUT2D eigenvalue weighted by molar-refractivity contribution is 6.09. The SMILES string of the molecule is C=C(c1ccccc1)C1N(Cc2cccc3ccccc23)C(=O)c2ccccc2N1C(=O)OC(C)(C)C. The number of amides is 2. The lowest BCUT2D eigenvalue weighted by Crippen LogP contribution is -2.58. The molecule has 2 amide bonds.